The highest BCUT2D eigenvalue weighted by molar-refractivity contribution is 5.80. The zero-order valence-corrected chi connectivity index (χ0v) is 18.7. The van der Waals surface area contributed by atoms with Crippen LogP contribution in [0.4, 0.5) is 0 Å². The van der Waals surface area contributed by atoms with Crippen LogP contribution in [0.1, 0.15) is 79.1 Å². The van der Waals surface area contributed by atoms with Crippen LogP contribution in [0, 0.1) is 34.5 Å². The van der Waals surface area contributed by atoms with Gasteiger partial charge in [-0.05, 0) is 87.4 Å². The fourth-order valence-electron chi connectivity index (χ4n) is 8.31. The molecule has 4 aliphatic rings. The summed E-state index contributed by atoms with van der Waals surface area (Å²) in [7, 11) is 2.03. The first kappa shape index (κ1) is 20.2. The van der Waals surface area contributed by atoms with Gasteiger partial charge in [0.2, 0.25) is 11.8 Å². The molecule has 1 heterocycles. The van der Waals surface area contributed by atoms with Crippen molar-refractivity contribution < 1.29 is 9.59 Å². The van der Waals surface area contributed by atoms with Gasteiger partial charge in [-0.1, -0.05) is 13.8 Å². The Morgan fingerprint density at radius 1 is 1.00 bits per heavy atom. The summed E-state index contributed by atoms with van der Waals surface area (Å²) in [6.07, 6.45) is 8.93. The Bertz CT molecular complexity index is 645. The number of amides is 2. The molecule has 1 aliphatic heterocycles. The fraction of sp³-hybridized carbons (Fsp3) is 0.917. The lowest BCUT2D eigenvalue weighted by Crippen LogP contribution is -2.61. The third-order valence-electron chi connectivity index (χ3n) is 9.93. The number of likely N-dealkylation sites (tertiary alicyclic amines) is 1. The lowest BCUT2D eigenvalue weighted by molar-refractivity contribution is -0.161. The maximum atomic E-state index is 13.3. The van der Waals surface area contributed by atoms with Gasteiger partial charge in [-0.2, -0.15) is 0 Å². The van der Waals surface area contributed by atoms with E-state index < -0.39 is 0 Å². The summed E-state index contributed by atoms with van der Waals surface area (Å²) in [6.45, 7) is 10.8. The molecule has 7 atom stereocenters. The first-order valence-electron chi connectivity index (χ1n) is 11.8. The van der Waals surface area contributed by atoms with Gasteiger partial charge in [0.05, 0.1) is 0 Å². The second-order valence-corrected chi connectivity index (χ2v) is 10.7. The standard InChI is InChI=1S/C24H40N2O2/c1-6-26(7-2)22(28)19-10-9-17-16-8-11-20-24(4,15-13-21(27)25(20)5)18(16)12-14-23(17,19)3/h16-20H,6-15H2,1-5H3/t16-,17-,18-,19+,20-,23-,24+/m0/s1. The molecule has 28 heavy (non-hydrogen) atoms. The van der Waals surface area contributed by atoms with E-state index in [1.54, 1.807) is 0 Å². The SMILES string of the molecule is CCN(CC)C(=O)[C@H]1CC[C@H]2[C@@H]3CC[C@@H]4N(C)C(=O)CC[C@]4(C)[C@H]3CC[C@]12C. The van der Waals surface area contributed by atoms with Gasteiger partial charge in [0.25, 0.3) is 0 Å². The summed E-state index contributed by atoms with van der Waals surface area (Å²) < 4.78 is 0. The smallest absolute Gasteiger partial charge is 0.226 e. The van der Waals surface area contributed by atoms with Crippen molar-refractivity contribution >= 4 is 11.8 Å². The minimum atomic E-state index is 0.181. The monoisotopic (exact) mass is 388 g/mol. The maximum Gasteiger partial charge on any atom is 0.226 e. The van der Waals surface area contributed by atoms with Crippen molar-refractivity contribution in [3.05, 3.63) is 0 Å². The zero-order chi connectivity index (χ0) is 20.3. The predicted octanol–water partition coefficient (Wildman–Crippen LogP) is 4.33. The zero-order valence-electron chi connectivity index (χ0n) is 18.7. The van der Waals surface area contributed by atoms with Crippen LogP contribution in [0.25, 0.3) is 0 Å². The lowest BCUT2D eigenvalue weighted by atomic mass is 9.47. The van der Waals surface area contributed by atoms with E-state index in [1.165, 1.54) is 25.7 Å². The largest absolute Gasteiger partial charge is 0.343 e. The third kappa shape index (κ3) is 2.69. The number of hydrogen-bond donors (Lipinski definition) is 0. The Kier molecular flexibility index (Phi) is 5.07. The Hall–Kier alpha value is -1.06. The van der Waals surface area contributed by atoms with E-state index in [1.807, 2.05) is 7.05 Å². The van der Waals surface area contributed by atoms with Crippen molar-refractivity contribution in [3.63, 3.8) is 0 Å². The minimum Gasteiger partial charge on any atom is -0.343 e. The average molecular weight is 389 g/mol. The number of piperidine rings is 1. The molecule has 0 aromatic heterocycles. The molecule has 0 bridgehead atoms. The van der Waals surface area contributed by atoms with Crippen molar-refractivity contribution in [2.45, 2.75) is 85.1 Å². The highest BCUT2D eigenvalue weighted by Gasteiger charge is 2.62. The number of fused-ring (bicyclic) bond motifs is 5. The first-order valence-corrected chi connectivity index (χ1v) is 11.8. The number of hydrogen-bond acceptors (Lipinski definition) is 2. The highest BCUT2D eigenvalue weighted by Crippen LogP contribution is 2.66. The topological polar surface area (TPSA) is 40.6 Å². The van der Waals surface area contributed by atoms with Crippen LogP contribution in [0.3, 0.4) is 0 Å². The summed E-state index contributed by atoms with van der Waals surface area (Å²) in [4.78, 5) is 29.7. The minimum absolute atomic E-state index is 0.181. The molecule has 0 N–H and O–H groups in total. The van der Waals surface area contributed by atoms with Gasteiger partial charge in [0.15, 0.2) is 0 Å². The van der Waals surface area contributed by atoms with Crippen molar-refractivity contribution in [1.82, 2.24) is 9.80 Å². The third-order valence-corrected chi connectivity index (χ3v) is 9.93. The molecular formula is C24H40N2O2. The molecule has 0 spiro atoms. The van der Waals surface area contributed by atoms with Gasteiger partial charge < -0.3 is 9.80 Å². The summed E-state index contributed by atoms with van der Waals surface area (Å²) in [6, 6.07) is 0.425. The normalized spacial score (nSPS) is 45.2. The van der Waals surface area contributed by atoms with Crippen molar-refractivity contribution in [3.8, 4) is 0 Å². The Balaban J connectivity index is 1.58. The molecule has 0 aromatic carbocycles. The second kappa shape index (κ2) is 7.02. The van der Waals surface area contributed by atoms with Crippen molar-refractivity contribution in [2.24, 2.45) is 34.5 Å². The van der Waals surface area contributed by atoms with Crippen LogP contribution in [0.15, 0.2) is 0 Å². The van der Waals surface area contributed by atoms with Crippen LogP contribution in [-0.4, -0.2) is 47.8 Å². The molecule has 0 unspecified atom stereocenters. The van der Waals surface area contributed by atoms with E-state index in [2.05, 4.69) is 37.5 Å². The molecule has 158 valence electrons. The van der Waals surface area contributed by atoms with Crippen LogP contribution >= 0.6 is 0 Å². The van der Waals surface area contributed by atoms with E-state index in [0.29, 0.717) is 23.8 Å². The molecule has 0 aromatic rings. The Morgan fingerprint density at radius 2 is 1.68 bits per heavy atom. The van der Waals surface area contributed by atoms with E-state index in [9.17, 15) is 9.59 Å². The van der Waals surface area contributed by atoms with Crippen molar-refractivity contribution in [1.29, 1.82) is 0 Å². The Labute approximate surface area is 171 Å². The number of carbonyl (C=O) groups is 2. The predicted molar refractivity (Wildman–Crippen MR) is 112 cm³/mol. The molecule has 3 saturated carbocycles. The first-order chi connectivity index (χ1) is 13.3. The van der Waals surface area contributed by atoms with Crippen LogP contribution in [-0.2, 0) is 9.59 Å². The molecule has 4 fully saturated rings. The molecular weight excluding hydrogens is 348 g/mol. The summed E-state index contributed by atoms with van der Waals surface area (Å²) in [5.41, 5.74) is 0.453. The summed E-state index contributed by atoms with van der Waals surface area (Å²) in [5, 5.41) is 0. The lowest BCUT2D eigenvalue weighted by Gasteiger charge is -2.61. The average Bonchev–Trinajstić information content (AvgIpc) is 3.03. The molecule has 4 heteroatoms. The quantitative estimate of drug-likeness (QED) is 0.722. The maximum absolute atomic E-state index is 13.3. The van der Waals surface area contributed by atoms with Gasteiger partial charge in [0.1, 0.15) is 0 Å². The van der Waals surface area contributed by atoms with Gasteiger partial charge in [-0.25, -0.2) is 0 Å². The van der Waals surface area contributed by atoms with E-state index in [0.717, 1.165) is 50.6 Å². The molecule has 4 nitrogen and oxygen atoms in total. The molecule has 0 radical (unpaired) electrons. The highest BCUT2D eigenvalue weighted by atomic mass is 16.2. The molecule has 3 aliphatic carbocycles. The summed E-state index contributed by atoms with van der Waals surface area (Å²) in [5.74, 6) is 3.14. The molecule has 4 rings (SSSR count). The molecule has 1 saturated heterocycles. The van der Waals surface area contributed by atoms with Gasteiger partial charge in [-0.3, -0.25) is 9.59 Å². The van der Waals surface area contributed by atoms with Crippen molar-refractivity contribution in [2.75, 3.05) is 20.1 Å². The van der Waals surface area contributed by atoms with E-state index in [4.69, 9.17) is 0 Å². The number of carbonyl (C=O) groups excluding carboxylic acids is 2. The van der Waals surface area contributed by atoms with Gasteiger partial charge >= 0.3 is 0 Å². The summed E-state index contributed by atoms with van der Waals surface area (Å²) >= 11 is 0. The van der Waals surface area contributed by atoms with Gasteiger partial charge in [-0.15, -0.1) is 0 Å². The van der Waals surface area contributed by atoms with Crippen LogP contribution in [0.5, 0.6) is 0 Å². The van der Waals surface area contributed by atoms with Gasteiger partial charge in [0, 0.05) is 38.5 Å². The number of rotatable bonds is 3. The number of nitrogens with zero attached hydrogens (tertiary/aromatic N) is 2. The fourth-order valence-corrected chi connectivity index (χ4v) is 8.31. The molecule has 2 amide bonds. The van der Waals surface area contributed by atoms with Crippen LogP contribution < -0.4 is 0 Å². The van der Waals surface area contributed by atoms with Crippen LogP contribution in [0.2, 0.25) is 0 Å². The van der Waals surface area contributed by atoms with E-state index >= 15 is 0 Å². The second-order valence-electron chi connectivity index (χ2n) is 10.7. The van der Waals surface area contributed by atoms with E-state index in [-0.39, 0.29) is 16.7 Å². The Morgan fingerprint density at radius 3 is 2.36 bits per heavy atom.